The average Bonchev–Trinajstić information content (AvgIpc) is 3.38. The summed E-state index contributed by atoms with van der Waals surface area (Å²) >= 11 is 6.09. The van der Waals surface area contributed by atoms with Gasteiger partial charge in [-0.05, 0) is 59.9 Å². The van der Waals surface area contributed by atoms with E-state index in [2.05, 4.69) is 5.32 Å². The SMILES string of the molecule is CC1(C)CC(=O)C2=C(C1)Nc1ccccc1N(C(=O)Cc1ccc(Cl)cc1)C2c1ccc(-c2ccccc2[N+](=O)[O-])o1. The van der Waals surface area contributed by atoms with Gasteiger partial charge in [0.2, 0.25) is 5.91 Å². The number of anilines is 2. The number of benzene rings is 3. The topological polar surface area (TPSA) is 106 Å². The van der Waals surface area contributed by atoms with Crippen molar-refractivity contribution in [1.29, 1.82) is 0 Å². The lowest BCUT2D eigenvalue weighted by atomic mass is 9.74. The number of carbonyl (C=O) groups excluding carboxylic acids is 2. The van der Waals surface area contributed by atoms with Gasteiger partial charge in [0.25, 0.3) is 5.69 Å². The van der Waals surface area contributed by atoms with Gasteiger partial charge in [-0.25, -0.2) is 0 Å². The molecule has 0 saturated heterocycles. The minimum atomic E-state index is -0.893. The zero-order valence-electron chi connectivity index (χ0n) is 23.1. The smallest absolute Gasteiger partial charge is 0.280 e. The molecule has 0 radical (unpaired) electrons. The minimum absolute atomic E-state index is 0.0576. The van der Waals surface area contributed by atoms with E-state index in [4.69, 9.17) is 16.0 Å². The van der Waals surface area contributed by atoms with Crippen LogP contribution in [0.3, 0.4) is 0 Å². The summed E-state index contributed by atoms with van der Waals surface area (Å²) in [6.45, 7) is 4.09. The summed E-state index contributed by atoms with van der Waals surface area (Å²) in [5.74, 6) is 0.288. The zero-order valence-corrected chi connectivity index (χ0v) is 23.9. The Labute approximate surface area is 247 Å². The van der Waals surface area contributed by atoms with Crippen molar-refractivity contribution < 1.29 is 18.9 Å². The fourth-order valence-electron chi connectivity index (χ4n) is 5.88. The van der Waals surface area contributed by atoms with Crippen LogP contribution in [-0.4, -0.2) is 16.6 Å². The highest BCUT2D eigenvalue weighted by atomic mass is 35.5. The van der Waals surface area contributed by atoms with Crippen LogP contribution < -0.4 is 10.2 Å². The number of nitrogens with one attached hydrogen (secondary N) is 1. The Hall–Kier alpha value is -4.69. The molecule has 2 aliphatic rings. The second-order valence-corrected chi connectivity index (χ2v) is 11.9. The summed E-state index contributed by atoms with van der Waals surface area (Å²) < 4.78 is 6.34. The number of rotatable bonds is 5. The molecule has 1 unspecified atom stereocenters. The molecule has 1 atom stereocenters. The number of hydrogen-bond acceptors (Lipinski definition) is 6. The number of para-hydroxylation sites is 3. The number of carbonyl (C=O) groups is 2. The van der Waals surface area contributed by atoms with Crippen molar-refractivity contribution in [2.24, 2.45) is 5.41 Å². The van der Waals surface area contributed by atoms with Crippen molar-refractivity contribution in [3.63, 3.8) is 0 Å². The predicted molar refractivity (Wildman–Crippen MR) is 161 cm³/mol. The van der Waals surface area contributed by atoms with Crippen LogP contribution in [-0.2, 0) is 16.0 Å². The van der Waals surface area contributed by atoms with Crippen molar-refractivity contribution in [2.45, 2.75) is 39.2 Å². The monoisotopic (exact) mass is 581 g/mol. The van der Waals surface area contributed by atoms with E-state index in [1.54, 1.807) is 59.5 Å². The molecule has 0 saturated carbocycles. The van der Waals surface area contributed by atoms with Crippen LogP contribution >= 0.6 is 11.6 Å². The minimum Gasteiger partial charge on any atom is -0.458 e. The highest BCUT2D eigenvalue weighted by Crippen LogP contribution is 2.49. The van der Waals surface area contributed by atoms with Crippen LogP contribution in [0, 0.1) is 15.5 Å². The first kappa shape index (κ1) is 27.5. The van der Waals surface area contributed by atoms with Crippen molar-refractivity contribution in [3.8, 4) is 11.3 Å². The summed E-state index contributed by atoms with van der Waals surface area (Å²) in [6.07, 6.45) is 0.954. The molecule has 3 aromatic carbocycles. The summed E-state index contributed by atoms with van der Waals surface area (Å²) in [4.78, 5) is 41.1. The first-order chi connectivity index (χ1) is 20.1. The van der Waals surface area contributed by atoms with E-state index >= 15 is 0 Å². The number of nitro benzene ring substituents is 1. The largest absolute Gasteiger partial charge is 0.458 e. The van der Waals surface area contributed by atoms with Crippen molar-refractivity contribution in [3.05, 3.63) is 123 Å². The van der Waals surface area contributed by atoms with Crippen LogP contribution in [0.1, 0.15) is 44.1 Å². The van der Waals surface area contributed by atoms with Gasteiger partial charge in [0.1, 0.15) is 17.6 Å². The Balaban J connectivity index is 1.54. The number of allylic oxidation sites excluding steroid dienone is 1. The number of hydrogen-bond donors (Lipinski definition) is 1. The number of nitrogens with zero attached hydrogens (tertiary/aromatic N) is 2. The number of fused-ring (bicyclic) bond motifs is 1. The van der Waals surface area contributed by atoms with Gasteiger partial charge in [-0.15, -0.1) is 0 Å². The number of halogens is 1. The summed E-state index contributed by atoms with van der Waals surface area (Å²) in [5.41, 5.74) is 3.19. The number of furan rings is 1. The second-order valence-electron chi connectivity index (χ2n) is 11.4. The predicted octanol–water partition coefficient (Wildman–Crippen LogP) is 7.89. The van der Waals surface area contributed by atoms with Gasteiger partial charge in [0.15, 0.2) is 5.78 Å². The molecular formula is C33H28ClN3O5. The van der Waals surface area contributed by atoms with E-state index in [0.29, 0.717) is 46.1 Å². The van der Waals surface area contributed by atoms with Crippen molar-refractivity contribution in [2.75, 3.05) is 10.2 Å². The van der Waals surface area contributed by atoms with Crippen molar-refractivity contribution in [1.82, 2.24) is 0 Å². The molecule has 4 aromatic rings. The van der Waals surface area contributed by atoms with E-state index < -0.39 is 11.0 Å². The maximum atomic E-state index is 14.3. The molecule has 6 rings (SSSR count). The quantitative estimate of drug-likeness (QED) is 0.190. The lowest BCUT2D eigenvalue weighted by Crippen LogP contribution is -2.40. The molecule has 0 fully saturated rings. The van der Waals surface area contributed by atoms with Gasteiger partial charge in [0.05, 0.1) is 28.3 Å². The summed E-state index contributed by atoms with van der Waals surface area (Å²) in [6, 6.07) is 23.3. The second kappa shape index (κ2) is 10.6. The molecule has 2 heterocycles. The van der Waals surface area contributed by atoms with E-state index in [1.165, 1.54) is 6.07 Å². The molecule has 0 bridgehead atoms. The van der Waals surface area contributed by atoms with Crippen LogP contribution in [0.15, 0.2) is 101 Å². The van der Waals surface area contributed by atoms with Crippen LogP contribution in [0.4, 0.5) is 17.1 Å². The summed E-state index contributed by atoms with van der Waals surface area (Å²) in [5, 5.41) is 15.8. The van der Waals surface area contributed by atoms with E-state index in [9.17, 15) is 19.7 Å². The van der Waals surface area contributed by atoms with Crippen LogP contribution in [0.5, 0.6) is 0 Å². The third kappa shape index (κ3) is 5.10. The Morgan fingerprint density at radius 2 is 1.74 bits per heavy atom. The lowest BCUT2D eigenvalue weighted by Gasteiger charge is -2.36. The van der Waals surface area contributed by atoms with Crippen LogP contribution in [0.2, 0.25) is 5.02 Å². The van der Waals surface area contributed by atoms with Gasteiger partial charge < -0.3 is 9.73 Å². The number of ketones is 1. The number of nitro groups is 1. The molecule has 1 amide bonds. The Bertz CT molecular complexity index is 1760. The molecule has 0 spiro atoms. The first-order valence-corrected chi connectivity index (χ1v) is 14.0. The molecule has 212 valence electrons. The third-order valence-corrected chi connectivity index (χ3v) is 7.95. The molecule has 1 aliphatic carbocycles. The van der Waals surface area contributed by atoms with Crippen LogP contribution in [0.25, 0.3) is 11.3 Å². The fraction of sp³-hybridized carbons (Fsp3) is 0.212. The van der Waals surface area contributed by atoms with Gasteiger partial charge >= 0.3 is 0 Å². The molecule has 9 heteroatoms. The van der Waals surface area contributed by atoms with Gasteiger partial charge in [0, 0.05) is 28.8 Å². The average molecular weight is 582 g/mol. The van der Waals surface area contributed by atoms with E-state index in [-0.39, 0.29) is 35.0 Å². The standard InChI is InChI=1S/C33H28ClN3O5/c1-33(2)18-24-31(27(38)19-33)32(29-16-15-28(42-29)22-7-3-5-9-25(22)37(40)41)36(26-10-6-4-8-23(26)35-24)30(39)17-20-11-13-21(34)14-12-20/h3-16,32,35H,17-19H2,1-2H3. The molecule has 42 heavy (non-hydrogen) atoms. The zero-order chi connectivity index (χ0) is 29.6. The third-order valence-electron chi connectivity index (χ3n) is 7.70. The lowest BCUT2D eigenvalue weighted by molar-refractivity contribution is -0.384. The Morgan fingerprint density at radius 3 is 2.50 bits per heavy atom. The highest BCUT2D eigenvalue weighted by Gasteiger charge is 2.44. The molecule has 1 aliphatic heterocycles. The molecule has 8 nitrogen and oxygen atoms in total. The highest BCUT2D eigenvalue weighted by molar-refractivity contribution is 6.30. The summed E-state index contributed by atoms with van der Waals surface area (Å²) in [7, 11) is 0. The van der Waals surface area contributed by atoms with Crippen molar-refractivity contribution >= 4 is 40.4 Å². The Kier molecular flexibility index (Phi) is 6.94. The maximum Gasteiger partial charge on any atom is 0.280 e. The van der Waals surface area contributed by atoms with E-state index in [1.807, 2.05) is 38.1 Å². The normalized spacial score (nSPS) is 17.6. The first-order valence-electron chi connectivity index (χ1n) is 13.6. The van der Waals surface area contributed by atoms with Gasteiger partial charge in [-0.1, -0.05) is 61.8 Å². The fourth-order valence-corrected chi connectivity index (χ4v) is 6.01. The molecule has 1 aromatic heterocycles. The molecule has 1 N–H and O–H groups in total. The number of Topliss-reactive ketones (excluding diaryl/α,β-unsaturated/α-hetero) is 1. The maximum absolute atomic E-state index is 14.3. The van der Waals surface area contributed by atoms with Gasteiger partial charge in [-0.3, -0.25) is 24.6 Å². The molecular weight excluding hydrogens is 554 g/mol. The Morgan fingerprint density at radius 1 is 1.02 bits per heavy atom. The number of amides is 1. The van der Waals surface area contributed by atoms with E-state index in [0.717, 1.165) is 11.3 Å². The van der Waals surface area contributed by atoms with Gasteiger partial charge in [-0.2, -0.15) is 0 Å².